The van der Waals surface area contributed by atoms with E-state index < -0.39 is 23.9 Å². The van der Waals surface area contributed by atoms with Gasteiger partial charge < -0.3 is 40.3 Å². The van der Waals surface area contributed by atoms with Gasteiger partial charge in [0.05, 0.1) is 12.8 Å². The molecule has 0 spiro atoms. The number of aliphatic carboxylic acids is 4. The molecule has 1 amide bonds. The first kappa shape index (κ1) is 33.3. The van der Waals surface area contributed by atoms with E-state index in [0.717, 1.165) is 54.4 Å². The van der Waals surface area contributed by atoms with Gasteiger partial charge in [-0.25, -0.2) is 19.2 Å². The number of hydrogen-bond acceptors (Lipinski definition) is 9. The molecule has 3 aromatic rings. The predicted molar refractivity (Wildman–Crippen MR) is 156 cm³/mol. The summed E-state index contributed by atoms with van der Waals surface area (Å²) < 4.78 is 5.57. The Labute approximate surface area is 245 Å². The van der Waals surface area contributed by atoms with E-state index in [-0.39, 0.29) is 5.91 Å². The van der Waals surface area contributed by atoms with Crippen molar-refractivity contribution in [3.63, 3.8) is 0 Å². The molecular formula is C28H31N3O10S. The van der Waals surface area contributed by atoms with Crippen molar-refractivity contribution < 1.29 is 49.1 Å². The Kier molecular flexibility index (Phi) is 12.5. The molecule has 2 aromatic carbocycles. The third-order valence-corrected chi connectivity index (χ3v) is 6.65. The van der Waals surface area contributed by atoms with Crippen LogP contribution in [0.25, 0.3) is 11.1 Å². The summed E-state index contributed by atoms with van der Waals surface area (Å²) in [6.45, 7) is 5.94. The van der Waals surface area contributed by atoms with Crippen molar-refractivity contribution in [1.82, 2.24) is 4.90 Å². The van der Waals surface area contributed by atoms with Crippen LogP contribution in [0.3, 0.4) is 0 Å². The molecule has 0 saturated carbocycles. The number of piperazine rings is 1. The third-order valence-electron chi connectivity index (χ3n) is 5.97. The number of carboxylic acids is 4. The number of nitrogens with one attached hydrogen (secondary N) is 1. The van der Waals surface area contributed by atoms with Gasteiger partial charge >= 0.3 is 23.9 Å². The van der Waals surface area contributed by atoms with Crippen molar-refractivity contribution in [2.45, 2.75) is 6.92 Å². The summed E-state index contributed by atoms with van der Waals surface area (Å²) in [4.78, 5) is 53.9. The first-order chi connectivity index (χ1) is 19.8. The third kappa shape index (κ3) is 9.91. The van der Waals surface area contributed by atoms with E-state index in [2.05, 4.69) is 39.0 Å². The molecule has 2 heterocycles. The van der Waals surface area contributed by atoms with Gasteiger partial charge in [0.2, 0.25) is 0 Å². The van der Waals surface area contributed by atoms with Crippen LogP contribution in [-0.4, -0.2) is 95.4 Å². The summed E-state index contributed by atoms with van der Waals surface area (Å²) in [5.74, 6) is -6.58. The fraction of sp³-hybridized carbons (Fsp3) is 0.250. The Bertz CT molecular complexity index is 1370. The zero-order valence-corrected chi connectivity index (χ0v) is 23.9. The van der Waals surface area contributed by atoms with Crippen molar-refractivity contribution in [3.05, 3.63) is 64.4 Å². The van der Waals surface area contributed by atoms with Crippen LogP contribution in [0.15, 0.2) is 53.2 Å². The molecule has 224 valence electrons. The summed E-state index contributed by atoms with van der Waals surface area (Å²) in [7, 11) is 3.82. The molecule has 1 saturated heterocycles. The highest BCUT2D eigenvalue weighted by molar-refractivity contribution is 7.08. The molecule has 0 radical (unpaired) electrons. The molecule has 0 unspecified atom stereocenters. The molecule has 13 nitrogen and oxygen atoms in total. The Morgan fingerprint density at radius 3 is 1.90 bits per heavy atom. The summed E-state index contributed by atoms with van der Waals surface area (Å²) in [5, 5.41) is 36.8. The van der Waals surface area contributed by atoms with Gasteiger partial charge in [-0.1, -0.05) is 6.07 Å². The molecule has 0 bridgehead atoms. The largest absolute Gasteiger partial charge is 0.495 e. The summed E-state index contributed by atoms with van der Waals surface area (Å²) in [5.41, 5.74) is 5.89. The highest BCUT2D eigenvalue weighted by Gasteiger charge is 2.19. The van der Waals surface area contributed by atoms with Crippen molar-refractivity contribution in [2.75, 3.05) is 50.6 Å². The number of carboxylic acid groups (broad SMARTS) is 4. The second-order valence-electron chi connectivity index (χ2n) is 8.89. The highest BCUT2D eigenvalue weighted by Crippen LogP contribution is 2.32. The molecule has 5 N–H and O–H groups in total. The van der Waals surface area contributed by atoms with Crippen LogP contribution in [0.5, 0.6) is 5.75 Å². The Hall–Kier alpha value is -4.95. The number of carbonyl (C=O) groups is 5. The number of anilines is 2. The van der Waals surface area contributed by atoms with E-state index in [1.807, 2.05) is 43.3 Å². The smallest absolute Gasteiger partial charge is 0.414 e. The van der Waals surface area contributed by atoms with Crippen molar-refractivity contribution >= 4 is 52.5 Å². The molecule has 4 rings (SSSR count). The first-order valence-electron chi connectivity index (χ1n) is 12.3. The second-order valence-corrected chi connectivity index (χ2v) is 9.67. The van der Waals surface area contributed by atoms with Crippen LogP contribution in [0.2, 0.25) is 0 Å². The van der Waals surface area contributed by atoms with Crippen LogP contribution in [0.1, 0.15) is 15.9 Å². The summed E-state index contributed by atoms with van der Waals surface area (Å²) >= 11 is 1.68. The van der Waals surface area contributed by atoms with Crippen LogP contribution in [0.4, 0.5) is 11.4 Å². The maximum absolute atomic E-state index is 12.9. The first-order valence-corrected chi connectivity index (χ1v) is 13.3. The molecule has 1 aliphatic heterocycles. The number of rotatable bonds is 5. The average Bonchev–Trinajstić information content (AvgIpc) is 3.49. The van der Waals surface area contributed by atoms with Gasteiger partial charge in [0.15, 0.2) is 0 Å². The lowest BCUT2D eigenvalue weighted by Crippen LogP contribution is -2.44. The van der Waals surface area contributed by atoms with E-state index in [0.29, 0.717) is 5.56 Å². The van der Waals surface area contributed by atoms with Gasteiger partial charge in [0.1, 0.15) is 5.75 Å². The number of carbonyl (C=O) groups excluding carboxylic acids is 1. The number of likely N-dealkylation sites (N-methyl/N-ethyl adjacent to an activating group) is 1. The Morgan fingerprint density at radius 2 is 1.43 bits per heavy atom. The van der Waals surface area contributed by atoms with Crippen molar-refractivity contribution in [1.29, 1.82) is 0 Å². The number of methoxy groups -OCH3 is 1. The van der Waals surface area contributed by atoms with Gasteiger partial charge in [-0.2, -0.15) is 11.3 Å². The molecule has 1 aliphatic rings. The Balaban J connectivity index is 0.000000434. The number of thiophene rings is 1. The van der Waals surface area contributed by atoms with Crippen LogP contribution in [-0.2, 0) is 19.2 Å². The van der Waals surface area contributed by atoms with Gasteiger partial charge in [-0.3, -0.25) is 4.79 Å². The maximum Gasteiger partial charge on any atom is 0.414 e. The monoisotopic (exact) mass is 601 g/mol. The SMILES string of the molecule is COc1ccc(NC(=O)c2ccc(-c3ccsc3)c(C)c2)cc1N1CCN(C)CC1.O=C(O)C(=O)O.O=C(O)C(=O)O. The number of benzene rings is 2. The zero-order chi connectivity index (χ0) is 31.4. The minimum absolute atomic E-state index is 0.107. The van der Waals surface area contributed by atoms with Crippen molar-refractivity contribution in [3.8, 4) is 16.9 Å². The lowest BCUT2D eigenvalue weighted by molar-refractivity contribution is -0.159. The lowest BCUT2D eigenvalue weighted by Gasteiger charge is -2.35. The standard InChI is InChI=1S/C24H27N3O2S.2C2H2O4/c1-17-14-18(4-6-21(17)19-8-13-30-16-19)24(28)25-20-5-7-23(29-3)22(15-20)27-11-9-26(2)10-12-27;2*3-1(4)2(5)6/h4-8,13-16H,9-12H2,1-3H3,(H,25,28);2*(H,3,4)(H,5,6). The van der Waals surface area contributed by atoms with Gasteiger partial charge in [0, 0.05) is 37.4 Å². The molecule has 1 fully saturated rings. The van der Waals surface area contributed by atoms with E-state index in [1.165, 1.54) is 5.56 Å². The van der Waals surface area contributed by atoms with Crippen molar-refractivity contribution in [2.24, 2.45) is 0 Å². The Morgan fingerprint density at radius 1 is 0.833 bits per heavy atom. The predicted octanol–water partition coefficient (Wildman–Crippen LogP) is 3.05. The fourth-order valence-corrected chi connectivity index (χ4v) is 4.47. The van der Waals surface area contributed by atoms with Crippen LogP contribution >= 0.6 is 11.3 Å². The molecule has 0 atom stereocenters. The number of ether oxygens (including phenoxy) is 1. The minimum Gasteiger partial charge on any atom is -0.495 e. The quantitative estimate of drug-likeness (QED) is 0.269. The number of nitrogens with zero attached hydrogens (tertiary/aromatic N) is 2. The van der Waals surface area contributed by atoms with Gasteiger partial charge in [-0.15, -0.1) is 0 Å². The van der Waals surface area contributed by atoms with Crippen LogP contribution in [0, 0.1) is 6.92 Å². The molecule has 14 heteroatoms. The highest BCUT2D eigenvalue weighted by atomic mass is 32.1. The van der Waals surface area contributed by atoms with E-state index in [9.17, 15) is 4.79 Å². The number of aryl methyl sites for hydroxylation is 1. The molecule has 42 heavy (non-hydrogen) atoms. The summed E-state index contributed by atoms with van der Waals surface area (Å²) in [6, 6.07) is 13.8. The minimum atomic E-state index is -1.82. The average molecular weight is 602 g/mol. The van der Waals surface area contributed by atoms with Gasteiger partial charge in [-0.05, 0) is 77.8 Å². The number of hydrogen-bond donors (Lipinski definition) is 5. The second kappa shape index (κ2) is 15.7. The molecule has 1 aromatic heterocycles. The van der Waals surface area contributed by atoms with E-state index in [1.54, 1.807) is 18.4 Å². The zero-order valence-electron chi connectivity index (χ0n) is 23.1. The fourth-order valence-electron chi connectivity index (χ4n) is 3.81. The maximum atomic E-state index is 12.9. The topological polar surface area (TPSA) is 194 Å². The van der Waals surface area contributed by atoms with Crippen LogP contribution < -0.4 is 15.0 Å². The normalized spacial score (nSPS) is 12.5. The molecular weight excluding hydrogens is 570 g/mol. The number of amides is 1. The molecule has 0 aliphatic carbocycles. The summed E-state index contributed by atoms with van der Waals surface area (Å²) in [6.07, 6.45) is 0. The van der Waals surface area contributed by atoms with Gasteiger partial charge in [0.25, 0.3) is 5.91 Å². The lowest BCUT2D eigenvalue weighted by atomic mass is 10.0. The van der Waals surface area contributed by atoms with E-state index >= 15 is 0 Å². The van der Waals surface area contributed by atoms with E-state index in [4.69, 9.17) is 44.3 Å².